The standard InChI is InChI=1S/C29H47NO3/c1-5-6-7-8-9-10-11-12-13-14-15-16-17-18-19-20-21-22-23-24-25-27(29(32)33)28(31)26-30(2,3)4/h14-25,27-28,31H,5-13,26H2,1-4H3/p+1. The van der Waals surface area contributed by atoms with Gasteiger partial charge in [0.25, 0.3) is 0 Å². The summed E-state index contributed by atoms with van der Waals surface area (Å²) in [6.45, 7) is 2.63. The van der Waals surface area contributed by atoms with Gasteiger partial charge in [-0.3, -0.25) is 4.79 Å². The summed E-state index contributed by atoms with van der Waals surface area (Å²) in [5.41, 5.74) is 0. The molecule has 0 bridgehead atoms. The van der Waals surface area contributed by atoms with Crippen molar-refractivity contribution in [3.05, 3.63) is 72.9 Å². The van der Waals surface area contributed by atoms with Gasteiger partial charge in [0.1, 0.15) is 18.6 Å². The normalized spacial score (nSPS) is 15.3. The average molecular weight is 459 g/mol. The van der Waals surface area contributed by atoms with Crippen LogP contribution in [0.5, 0.6) is 0 Å². The van der Waals surface area contributed by atoms with Crippen molar-refractivity contribution >= 4 is 5.97 Å². The maximum atomic E-state index is 11.4. The van der Waals surface area contributed by atoms with Crippen molar-refractivity contribution in [2.75, 3.05) is 27.7 Å². The van der Waals surface area contributed by atoms with Crippen LogP contribution in [0.1, 0.15) is 64.7 Å². The number of aliphatic hydroxyl groups is 1. The predicted octanol–water partition coefficient (Wildman–Crippen LogP) is 6.62. The third-order valence-corrected chi connectivity index (χ3v) is 5.11. The zero-order chi connectivity index (χ0) is 24.8. The second-order valence-corrected chi connectivity index (χ2v) is 9.52. The Kier molecular flexibility index (Phi) is 19.1. The number of aliphatic hydroxyl groups excluding tert-OH is 1. The largest absolute Gasteiger partial charge is 0.481 e. The summed E-state index contributed by atoms with van der Waals surface area (Å²) in [6.07, 6.45) is 34.0. The van der Waals surface area contributed by atoms with E-state index in [1.54, 1.807) is 12.2 Å². The number of nitrogens with zero attached hydrogens (tertiary/aromatic N) is 1. The Labute approximate surface area is 203 Å². The molecule has 33 heavy (non-hydrogen) atoms. The van der Waals surface area contributed by atoms with E-state index in [-0.39, 0.29) is 0 Å². The van der Waals surface area contributed by atoms with Gasteiger partial charge in [-0.05, 0) is 12.8 Å². The number of rotatable bonds is 19. The number of likely N-dealkylation sites (N-methyl/N-ethyl adjacent to an activating group) is 1. The highest BCUT2D eigenvalue weighted by molar-refractivity contribution is 5.73. The quantitative estimate of drug-likeness (QED) is 0.130. The molecule has 0 saturated heterocycles. The van der Waals surface area contributed by atoms with Crippen molar-refractivity contribution in [3.63, 3.8) is 0 Å². The number of hydrogen-bond donors (Lipinski definition) is 2. The van der Waals surface area contributed by atoms with E-state index >= 15 is 0 Å². The fourth-order valence-corrected chi connectivity index (χ4v) is 3.32. The van der Waals surface area contributed by atoms with Crippen LogP contribution in [0, 0.1) is 5.92 Å². The Bertz CT molecular complexity index is 663. The molecule has 0 aliphatic carbocycles. The molecule has 0 aliphatic rings. The fraction of sp³-hybridized carbons (Fsp3) is 0.552. The van der Waals surface area contributed by atoms with E-state index in [1.165, 1.54) is 57.4 Å². The van der Waals surface area contributed by atoms with E-state index in [0.717, 1.165) is 6.42 Å². The van der Waals surface area contributed by atoms with Gasteiger partial charge in [-0.25, -0.2) is 0 Å². The molecule has 2 N–H and O–H groups in total. The summed E-state index contributed by atoms with van der Waals surface area (Å²) in [7, 11) is 5.77. The lowest BCUT2D eigenvalue weighted by Gasteiger charge is -2.28. The summed E-state index contributed by atoms with van der Waals surface area (Å²) < 4.78 is 0.507. The molecule has 0 aromatic carbocycles. The summed E-state index contributed by atoms with van der Waals surface area (Å²) >= 11 is 0. The van der Waals surface area contributed by atoms with Gasteiger partial charge in [-0.15, -0.1) is 0 Å². The van der Waals surface area contributed by atoms with E-state index in [2.05, 4.69) is 19.1 Å². The Balaban J connectivity index is 4.04. The first-order valence-electron chi connectivity index (χ1n) is 12.5. The van der Waals surface area contributed by atoms with Crippen molar-refractivity contribution in [1.82, 2.24) is 0 Å². The summed E-state index contributed by atoms with van der Waals surface area (Å²) in [5, 5.41) is 19.5. The Morgan fingerprint density at radius 1 is 0.727 bits per heavy atom. The molecule has 0 saturated carbocycles. The molecule has 0 aromatic heterocycles. The average Bonchev–Trinajstić information content (AvgIpc) is 2.73. The third kappa shape index (κ3) is 21.4. The van der Waals surface area contributed by atoms with Crippen molar-refractivity contribution in [1.29, 1.82) is 0 Å². The van der Waals surface area contributed by atoms with Gasteiger partial charge in [0, 0.05) is 0 Å². The van der Waals surface area contributed by atoms with Gasteiger partial charge in [-0.1, -0.05) is 125 Å². The van der Waals surface area contributed by atoms with E-state index < -0.39 is 18.0 Å². The highest BCUT2D eigenvalue weighted by Crippen LogP contribution is 2.11. The van der Waals surface area contributed by atoms with Gasteiger partial charge in [0.2, 0.25) is 0 Å². The minimum absolute atomic E-state index is 0.373. The second-order valence-electron chi connectivity index (χ2n) is 9.52. The molecule has 2 unspecified atom stereocenters. The smallest absolute Gasteiger partial charge is 0.313 e. The lowest BCUT2D eigenvalue weighted by molar-refractivity contribution is -0.873. The maximum Gasteiger partial charge on any atom is 0.313 e. The molecule has 0 aliphatic heterocycles. The first-order valence-corrected chi connectivity index (χ1v) is 12.5. The molecule has 4 heteroatoms. The van der Waals surface area contributed by atoms with Crippen molar-refractivity contribution in [3.8, 4) is 0 Å². The predicted molar refractivity (Wildman–Crippen MR) is 142 cm³/mol. The minimum atomic E-state index is -1.02. The van der Waals surface area contributed by atoms with Crippen LogP contribution < -0.4 is 0 Å². The van der Waals surface area contributed by atoms with Gasteiger partial charge < -0.3 is 14.7 Å². The zero-order valence-electron chi connectivity index (χ0n) is 21.4. The molecule has 0 radical (unpaired) electrons. The lowest BCUT2D eigenvalue weighted by atomic mass is 10.0. The van der Waals surface area contributed by atoms with Gasteiger partial charge in [0.05, 0.1) is 21.1 Å². The lowest BCUT2D eigenvalue weighted by Crippen LogP contribution is -2.45. The number of carboxylic acid groups (broad SMARTS) is 1. The number of carboxylic acids is 1. The van der Waals surface area contributed by atoms with Gasteiger partial charge in [-0.2, -0.15) is 0 Å². The minimum Gasteiger partial charge on any atom is -0.481 e. The van der Waals surface area contributed by atoms with Gasteiger partial charge >= 0.3 is 5.97 Å². The Morgan fingerprint density at radius 2 is 1.18 bits per heavy atom. The highest BCUT2D eigenvalue weighted by atomic mass is 16.4. The second kappa shape index (κ2) is 20.4. The summed E-state index contributed by atoms with van der Waals surface area (Å²) in [4.78, 5) is 11.4. The third-order valence-electron chi connectivity index (χ3n) is 5.11. The summed E-state index contributed by atoms with van der Waals surface area (Å²) in [5.74, 6) is -1.93. The summed E-state index contributed by atoms with van der Waals surface area (Å²) in [6, 6.07) is 0. The molecule has 4 nitrogen and oxygen atoms in total. The van der Waals surface area contributed by atoms with Crippen molar-refractivity contribution < 1.29 is 19.5 Å². The van der Waals surface area contributed by atoms with Crippen LogP contribution in [0.2, 0.25) is 0 Å². The molecule has 2 atom stereocenters. The van der Waals surface area contributed by atoms with E-state index in [4.69, 9.17) is 0 Å². The zero-order valence-corrected chi connectivity index (χ0v) is 21.4. The van der Waals surface area contributed by atoms with Crippen LogP contribution in [0.4, 0.5) is 0 Å². The number of quaternary nitrogens is 1. The first-order chi connectivity index (χ1) is 15.8. The van der Waals surface area contributed by atoms with E-state index in [0.29, 0.717) is 11.0 Å². The Hall–Kier alpha value is -2.17. The van der Waals surface area contributed by atoms with Crippen LogP contribution in [0.25, 0.3) is 0 Å². The molecule has 0 aromatic rings. The van der Waals surface area contributed by atoms with Crippen LogP contribution in [-0.2, 0) is 4.79 Å². The first kappa shape index (κ1) is 30.8. The van der Waals surface area contributed by atoms with Crippen LogP contribution in [0.15, 0.2) is 72.9 Å². The molecule has 0 amide bonds. The molecular weight excluding hydrogens is 410 g/mol. The number of aliphatic carboxylic acids is 1. The molecule has 0 fully saturated rings. The molecule has 186 valence electrons. The van der Waals surface area contributed by atoms with Crippen LogP contribution in [-0.4, -0.2) is 54.5 Å². The number of allylic oxidation sites excluding steroid dienone is 11. The molecule has 0 rings (SSSR count). The van der Waals surface area contributed by atoms with Crippen molar-refractivity contribution in [2.24, 2.45) is 5.92 Å². The van der Waals surface area contributed by atoms with E-state index in [9.17, 15) is 15.0 Å². The molecule has 0 heterocycles. The van der Waals surface area contributed by atoms with Crippen LogP contribution in [0.3, 0.4) is 0 Å². The highest BCUT2D eigenvalue weighted by Gasteiger charge is 2.28. The number of unbranched alkanes of at least 4 members (excludes halogenated alkanes) is 8. The topological polar surface area (TPSA) is 57.5 Å². The number of hydrogen-bond acceptors (Lipinski definition) is 2. The van der Waals surface area contributed by atoms with Gasteiger partial charge in [0.15, 0.2) is 0 Å². The monoisotopic (exact) mass is 458 g/mol. The van der Waals surface area contributed by atoms with Crippen molar-refractivity contribution in [2.45, 2.75) is 70.8 Å². The van der Waals surface area contributed by atoms with E-state index in [1.807, 2.05) is 63.7 Å². The van der Waals surface area contributed by atoms with Crippen LogP contribution >= 0.6 is 0 Å². The molecule has 0 spiro atoms. The Morgan fingerprint density at radius 3 is 1.67 bits per heavy atom. The fourth-order valence-electron chi connectivity index (χ4n) is 3.32. The maximum absolute atomic E-state index is 11.4. The molecular formula is C29H48NO3+. The number of carbonyl (C=O) groups is 1. The SMILES string of the molecule is CCCCCCCCCCC=CC=CC=CC=CC=CC=CC(C(=O)O)C(O)C[N+](C)(C)C.